The molecule has 26 heavy (non-hydrogen) atoms. The number of aromatic hydroxyl groups is 1. The summed E-state index contributed by atoms with van der Waals surface area (Å²) < 4.78 is 6.65. The fraction of sp³-hybridized carbons (Fsp3) is 0.0526. The number of carbonyl (C=O) groups is 1. The lowest BCUT2D eigenvalue weighted by Gasteiger charge is -2.02. The molecular formula is C19H14N4O3. The third-order valence-electron chi connectivity index (χ3n) is 3.99. The van der Waals surface area contributed by atoms with Gasteiger partial charge in [0.15, 0.2) is 11.3 Å². The van der Waals surface area contributed by atoms with Crippen molar-refractivity contribution in [3.8, 4) is 22.8 Å². The number of nitrogens with zero attached hydrogens (tertiary/aromatic N) is 4. The van der Waals surface area contributed by atoms with Crippen molar-refractivity contribution in [2.24, 2.45) is 0 Å². The van der Waals surface area contributed by atoms with E-state index in [0.29, 0.717) is 11.3 Å². The number of rotatable bonds is 4. The molecule has 0 atom stereocenters. The average molecular weight is 346 g/mol. The minimum atomic E-state index is -0.418. The molecule has 2 aromatic heterocycles. The number of hydrogen-bond acceptors (Lipinski definition) is 6. The monoisotopic (exact) mass is 346 g/mol. The first-order valence-corrected chi connectivity index (χ1v) is 7.86. The van der Waals surface area contributed by atoms with Gasteiger partial charge in [0.2, 0.25) is 5.78 Å². The smallest absolute Gasteiger partial charge is 0.218 e. The second-order valence-electron chi connectivity index (χ2n) is 5.62. The number of phenolic OH excluding ortho intramolecular Hbond substituents is 1. The van der Waals surface area contributed by atoms with Gasteiger partial charge in [-0.15, -0.1) is 10.2 Å². The van der Waals surface area contributed by atoms with Crippen molar-refractivity contribution in [1.29, 1.82) is 0 Å². The third kappa shape index (κ3) is 2.75. The number of fused-ring (bicyclic) bond motifs is 1. The molecule has 2 heterocycles. The largest absolute Gasteiger partial charge is 0.507 e. The molecule has 0 spiro atoms. The summed E-state index contributed by atoms with van der Waals surface area (Å²) in [6, 6.07) is 15.6. The molecule has 0 fully saturated rings. The van der Waals surface area contributed by atoms with E-state index in [1.807, 2.05) is 24.3 Å². The number of benzene rings is 2. The number of ether oxygens (including phenoxy) is 1. The summed E-state index contributed by atoms with van der Waals surface area (Å²) in [6.45, 7) is 0. The molecule has 0 saturated carbocycles. The van der Waals surface area contributed by atoms with Crippen LogP contribution < -0.4 is 4.74 Å². The molecule has 0 bridgehead atoms. The van der Waals surface area contributed by atoms with E-state index in [2.05, 4.69) is 15.3 Å². The normalized spacial score (nSPS) is 10.8. The van der Waals surface area contributed by atoms with Crippen molar-refractivity contribution in [2.75, 3.05) is 7.11 Å². The maximum atomic E-state index is 12.5. The van der Waals surface area contributed by atoms with Crippen LogP contribution in [0.25, 0.3) is 16.9 Å². The Bertz CT molecular complexity index is 1100. The SMILES string of the molecule is COc1ccc(-c2cc3nnc(C(=O)c4ccccc4O)cn3n2)cc1. The van der Waals surface area contributed by atoms with E-state index in [9.17, 15) is 9.90 Å². The number of para-hydroxylation sites is 1. The zero-order chi connectivity index (χ0) is 18.1. The molecule has 0 aliphatic carbocycles. The summed E-state index contributed by atoms with van der Waals surface area (Å²) in [7, 11) is 1.61. The average Bonchev–Trinajstić information content (AvgIpc) is 3.11. The standard InChI is InChI=1S/C19H14N4O3/c1-26-13-8-6-12(7-9-13)15-10-18-21-20-16(11-23(18)22-15)19(25)14-4-2-3-5-17(14)24/h2-11,24H,1H3. The van der Waals surface area contributed by atoms with Gasteiger partial charge < -0.3 is 9.84 Å². The van der Waals surface area contributed by atoms with Crippen LogP contribution in [0.15, 0.2) is 60.8 Å². The Morgan fingerprint density at radius 1 is 1.08 bits per heavy atom. The Morgan fingerprint density at radius 2 is 1.85 bits per heavy atom. The van der Waals surface area contributed by atoms with Gasteiger partial charge in [0.1, 0.15) is 11.5 Å². The second-order valence-corrected chi connectivity index (χ2v) is 5.62. The van der Waals surface area contributed by atoms with Crippen molar-refractivity contribution in [3.05, 3.63) is 72.1 Å². The van der Waals surface area contributed by atoms with E-state index in [1.165, 1.54) is 22.8 Å². The highest BCUT2D eigenvalue weighted by Gasteiger charge is 2.16. The van der Waals surface area contributed by atoms with Gasteiger partial charge in [-0.25, -0.2) is 4.52 Å². The third-order valence-corrected chi connectivity index (χ3v) is 3.99. The van der Waals surface area contributed by atoms with E-state index >= 15 is 0 Å². The Morgan fingerprint density at radius 3 is 2.58 bits per heavy atom. The lowest BCUT2D eigenvalue weighted by molar-refractivity contribution is 0.103. The molecule has 7 nitrogen and oxygen atoms in total. The van der Waals surface area contributed by atoms with Crippen molar-refractivity contribution >= 4 is 11.4 Å². The molecule has 1 N–H and O–H groups in total. The summed E-state index contributed by atoms with van der Waals surface area (Å²) in [4.78, 5) is 12.5. The zero-order valence-electron chi connectivity index (χ0n) is 13.8. The number of ketones is 1. The Hall–Kier alpha value is -3.74. The predicted molar refractivity (Wildman–Crippen MR) is 94.3 cm³/mol. The molecule has 0 amide bonds. The zero-order valence-corrected chi connectivity index (χ0v) is 13.8. The van der Waals surface area contributed by atoms with Crippen molar-refractivity contribution in [2.45, 2.75) is 0 Å². The van der Waals surface area contributed by atoms with E-state index < -0.39 is 5.78 Å². The van der Waals surface area contributed by atoms with Crippen LogP contribution in [0.3, 0.4) is 0 Å². The van der Waals surface area contributed by atoms with Gasteiger partial charge in [0.05, 0.1) is 24.6 Å². The molecule has 4 aromatic rings. The summed E-state index contributed by atoms with van der Waals surface area (Å²) in [5.74, 6) is 0.241. The highest BCUT2D eigenvalue weighted by molar-refractivity contribution is 6.09. The lowest BCUT2D eigenvalue weighted by Crippen LogP contribution is -2.08. The highest BCUT2D eigenvalue weighted by atomic mass is 16.5. The number of methoxy groups -OCH3 is 1. The molecule has 128 valence electrons. The fourth-order valence-corrected chi connectivity index (χ4v) is 2.61. The van der Waals surface area contributed by atoms with Crippen LogP contribution in [-0.4, -0.2) is 37.8 Å². The first-order chi connectivity index (χ1) is 12.7. The van der Waals surface area contributed by atoms with Crippen LogP contribution in [0.2, 0.25) is 0 Å². The van der Waals surface area contributed by atoms with E-state index in [4.69, 9.17) is 4.74 Å². The number of aromatic nitrogens is 4. The van der Waals surface area contributed by atoms with E-state index in [-0.39, 0.29) is 17.0 Å². The predicted octanol–water partition coefficient (Wildman–Crippen LogP) is 2.74. The minimum Gasteiger partial charge on any atom is -0.507 e. The first kappa shape index (κ1) is 15.8. The fourth-order valence-electron chi connectivity index (χ4n) is 2.61. The minimum absolute atomic E-state index is 0.0983. The molecule has 0 radical (unpaired) electrons. The molecule has 0 aliphatic heterocycles. The quantitative estimate of drug-likeness (QED) is 0.572. The molecule has 0 saturated heterocycles. The van der Waals surface area contributed by atoms with Crippen LogP contribution in [0.5, 0.6) is 11.5 Å². The number of phenols is 1. The van der Waals surface area contributed by atoms with Crippen molar-refractivity contribution < 1.29 is 14.6 Å². The van der Waals surface area contributed by atoms with Gasteiger partial charge in [-0.05, 0) is 36.4 Å². The van der Waals surface area contributed by atoms with E-state index in [1.54, 1.807) is 25.3 Å². The van der Waals surface area contributed by atoms with Gasteiger partial charge in [-0.2, -0.15) is 5.10 Å². The van der Waals surface area contributed by atoms with Gasteiger partial charge in [-0.3, -0.25) is 4.79 Å². The maximum absolute atomic E-state index is 12.5. The summed E-state index contributed by atoms with van der Waals surface area (Å²) >= 11 is 0. The summed E-state index contributed by atoms with van der Waals surface area (Å²) in [5, 5.41) is 22.3. The second kappa shape index (κ2) is 6.29. The summed E-state index contributed by atoms with van der Waals surface area (Å²) in [6.07, 6.45) is 1.50. The topological polar surface area (TPSA) is 89.6 Å². The molecule has 4 rings (SSSR count). The van der Waals surface area contributed by atoms with Gasteiger partial charge in [0.25, 0.3) is 0 Å². The molecule has 0 unspecified atom stereocenters. The Labute approximate surface area is 148 Å². The van der Waals surface area contributed by atoms with Crippen LogP contribution in [-0.2, 0) is 0 Å². The maximum Gasteiger partial charge on any atom is 0.218 e. The van der Waals surface area contributed by atoms with E-state index in [0.717, 1.165) is 11.3 Å². The summed E-state index contributed by atoms with van der Waals surface area (Å²) in [5.41, 5.74) is 2.38. The number of carbonyl (C=O) groups excluding carboxylic acids is 1. The highest BCUT2D eigenvalue weighted by Crippen LogP contribution is 2.23. The lowest BCUT2D eigenvalue weighted by atomic mass is 10.1. The first-order valence-electron chi connectivity index (χ1n) is 7.86. The van der Waals surface area contributed by atoms with Crippen LogP contribution in [0, 0.1) is 0 Å². The number of hydrogen-bond donors (Lipinski definition) is 1. The molecular weight excluding hydrogens is 332 g/mol. The molecule has 7 heteroatoms. The molecule has 2 aromatic carbocycles. The van der Waals surface area contributed by atoms with Crippen LogP contribution in [0.4, 0.5) is 0 Å². The van der Waals surface area contributed by atoms with Gasteiger partial charge >= 0.3 is 0 Å². The van der Waals surface area contributed by atoms with Crippen LogP contribution >= 0.6 is 0 Å². The van der Waals surface area contributed by atoms with Crippen LogP contribution in [0.1, 0.15) is 16.1 Å². The Kier molecular flexibility index (Phi) is 3.81. The van der Waals surface area contributed by atoms with Crippen molar-refractivity contribution in [3.63, 3.8) is 0 Å². The Balaban J connectivity index is 1.71. The molecule has 0 aliphatic rings. The van der Waals surface area contributed by atoms with Crippen molar-refractivity contribution in [1.82, 2.24) is 19.8 Å². The van der Waals surface area contributed by atoms with Gasteiger partial charge in [-0.1, -0.05) is 12.1 Å². The van der Waals surface area contributed by atoms with Gasteiger partial charge in [0, 0.05) is 11.6 Å².